The number of nitrogens with zero attached hydrogens (tertiary/aromatic N) is 2. The Kier molecular flexibility index (Phi) is 3.58. The first kappa shape index (κ1) is 12.1. The molecule has 1 N–H and O–H groups in total. The van der Waals surface area contributed by atoms with E-state index in [9.17, 15) is 0 Å². The second-order valence-electron chi connectivity index (χ2n) is 4.96. The number of ether oxygens (including phenoxy) is 2. The van der Waals surface area contributed by atoms with Gasteiger partial charge in [0.1, 0.15) is 0 Å². The van der Waals surface area contributed by atoms with Crippen LogP contribution in [-0.4, -0.2) is 43.1 Å². The predicted octanol–water partition coefficient (Wildman–Crippen LogP) is 1.01. The van der Waals surface area contributed by atoms with Gasteiger partial charge in [-0.25, -0.2) is 0 Å². The van der Waals surface area contributed by atoms with Crippen LogP contribution in [0.25, 0.3) is 0 Å². The molecule has 2 aliphatic heterocycles. The summed E-state index contributed by atoms with van der Waals surface area (Å²) in [5.74, 6) is 1.75. The summed E-state index contributed by atoms with van der Waals surface area (Å²) in [6.45, 7) is 2.39. The highest BCUT2D eigenvalue weighted by Gasteiger charge is 2.30. The van der Waals surface area contributed by atoms with Crippen LogP contribution in [0, 0.1) is 0 Å². The van der Waals surface area contributed by atoms with Crippen LogP contribution in [-0.2, 0) is 9.47 Å². The lowest BCUT2D eigenvalue weighted by Gasteiger charge is -2.18. The molecule has 0 spiro atoms. The monoisotopic (exact) mass is 253 g/mol. The molecular weight excluding hydrogens is 234 g/mol. The van der Waals surface area contributed by atoms with Crippen LogP contribution >= 0.6 is 0 Å². The van der Waals surface area contributed by atoms with Crippen LogP contribution < -0.4 is 5.32 Å². The second kappa shape index (κ2) is 5.34. The molecule has 2 fully saturated rings. The summed E-state index contributed by atoms with van der Waals surface area (Å²) in [7, 11) is 1.73. The maximum Gasteiger partial charge on any atom is 0.243 e. The molecule has 1 aromatic heterocycles. The van der Waals surface area contributed by atoms with Crippen LogP contribution in [0.5, 0.6) is 0 Å². The maximum atomic E-state index is 5.45. The van der Waals surface area contributed by atoms with E-state index >= 15 is 0 Å². The van der Waals surface area contributed by atoms with Crippen molar-refractivity contribution in [3.05, 3.63) is 11.7 Å². The number of rotatable bonds is 3. The third-order valence-electron chi connectivity index (χ3n) is 3.70. The minimum atomic E-state index is 0.126. The van der Waals surface area contributed by atoms with Crippen LogP contribution in [0.4, 0.5) is 0 Å². The van der Waals surface area contributed by atoms with E-state index in [4.69, 9.17) is 14.0 Å². The lowest BCUT2D eigenvalue weighted by molar-refractivity contribution is 0.0773. The Bertz CT molecular complexity index is 390. The van der Waals surface area contributed by atoms with E-state index in [0.717, 1.165) is 38.2 Å². The van der Waals surface area contributed by atoms with E-state index < -0.39 is 0 Å². The van der Waals surface area contributed by atoms with Crippen molar-refractivity contribution in [2.24, 2.45) is 0 Å². The molecule has 2 aliphatic rings. The fraction of sp³-hybridized carbons (Fsp3) is 0.833. The van der Waals surface area contributed by atoms with Crippen LogP contribution in [0.3, 0.4) is 0 Å². The van der Waals surface area contributed by atoms with Gasteiger partial charge in [-0.15, -0.1) is 0 Å². The molecule has 100 valence electrons. The Balaban J connectivity index is 1.66. The highest BCUT2D eigenvalue weighted by Crippen LogP contribution is 2.27. The first-order chi connectivity index (χ1) is 8.86. The van der Waals surface area contributed by atoms with Gasteiger partial charge >= 0.3 is 0 Å². The normalized spacial score (nSPS) is 32.8. The minimum Gasteiger partial charge on any atom is -0.381 e. The highest BCUT2D eigenvalue weighted by molar-refractivity contribution is 5.02. The first-order valence-electron chi connectivity index (χ1n) is 6.54. The number of hydrogen-bond donors (Lipinski definition) is 1. The molecule has 0 aromatic carbocycles. The van der Waals surface area contributed by atoms with Gasteiger partial charge in [-0.3, -0.25) is 0 Å². The van der Waals surface area contributed by atoms with Gasteiger partial charge in [-0.05, 0) is 19.3 Å². The molecule has 3 rings (SSSR count). The van der Waals surface area contributed by atoms with Crippen molar-refractivity contribution >= 4 is 0 Å². The van der Waals surface area contributed by atoms with Gasteiger partial charge in [-0.1, -0.05) is 5.16 Å². The third kappa shape index (κ3) is 2.41. The summed E-state index contributed by atoms with van der Waals surface area (Å²) in [5, 5.41) is 7.43. The van der Waals surface area contributed by atoms with E-state index in [0.29, 0.717) is 12.5 Å². The lowest BCUT2D eigenvalue weighted by Crippen LogP contribution is -2.17. The van der Waals surface area contributed by atoms with Gasteiger partial charge in [0, 0.05) is 26.2 Å². The number of aromatic nitrogens is 2. The van der Waals surface area contributed by atoms with Gasteiger partial charge in [-0.2, -0.15) is 4.98 Å². The van der Waals surface area contributed by atoms with E-state index in [2.05, 4.69) is 15.5 Å². The van der Waals surface area contributed by atoms with Crippen molar-refractivity contribution in [2.45, 2.75) is 37.3 Å². The van der Waals surface area contributed by atoms with E-state index in [1.807, 2.05) is 0 Å². The molecule has 1 aromatic rings. The van der Waals surface area contributed by atoms with Crippen molar-refractivity contribution in [1.29, 1.82) is 0 Å². The van der Waals surface area contributed by atoms with Crippen molar-refractivity contribution < 1.29 is 14.0 Å². The zero-order chi connectivity index (χ0) is 12.4. The Morgan fingerprint density at radius 1 is 1.44 bits per heavy atom. The SMILES string of the molecule is CO[C@@H]1CN[C@@H](c2nc(C3CCCOC3)no2)C1. The van der Waals surface area contributed by atoms with E-state index in [1.54, 1.807) is 7.11 Å². The molecule has 0 amide bonds. The van der Waals surface area contributed by atoms with E-state index in [-0.39, 0.29) is 18.1 Å². The van der Waals surface area contributed by atoms with Gasteiger partial charge < -0.3 is 19.3 Å². The lowest BCUT2D eigenvalue weighted by atomic mass is 10.0. The summed E-state index contributed by atoms with van der Waals surface area (Å²) < 4.78 is 16.1. The minimum absolute atomic E-state index is 0.126. The predicted molar refractivity (Wildman–Crippen MR) is 63.2 cm³/mol. The molecule has 0 saturated carbocycles. The molecule has 6 nitrogen and oxygen atoms in total. The smallest absolute Gasteiger partial charge is 0.243 e. The first-order valence-corrected chi connectivity index (χ1v) is 6.54. The summed E-state index contributed by atoms with van der Waals surface area (Å²) in [4.78, 5) is 4.51. The quantitative estimate of drug-likeness (QED) is 0.867. The molecule has 0 bridgehead atoms. The largest absolute Gasteiger partial charge is 0.381 e. The molecule has 3 heterocycles. The molecule has 3 atom stereocenters. The summed E-state index contributed by atoms with van der Waals surface area (Å²) in [6.07, 6.45) is 3.28. The van der Waals surface area contributed by atoms with Gasteiger partial charge in [0.25, 0.3) is 0 Å². The summed E-state index contributed by atoms with van der Waals surface area (Å²) >= 11 is 0. The summed E-state index contributed by atoms with van der Waals surface area (Å²) in [5.41, 5.74) is 0. The zero-order valence-electron chi connectivity index (χ0n) is 10.6. The molecule has 6 heteroatoms. The number of methoxy groups -OCH3 is 1. The fourth-order valence-corrected chi connectivity index (χ4v) is 2.57. The molecule has 1 unspecified atom stereocenters. The summed E-state index contributed by atoms with van der Waals surface area (Å²) in [6, 6.07) is 0.126. The van der Waals surface area contributed by atoms with Gasteiger partial charge in [0.2, 0.25) is 5.89 Å². The van der Waals surface area contributed by atoms with Crippen LogP contribution in [0.1, 0.15) is 42.9 Å². The topological polar surface area (TPSA) is 69.4 Å². The molecule has 0 radical (unpaired) electrons. The Morgan fingerprint density at radius 3 is 3.11 bits per heavy atom. The average molecular weight is 253 g/mol. The molecule has 0 aliphatic carbocycles. The van der Waals surface area contributed by atoms with Crippen molar-refractivity contribution in [1.82, 2.24) is 15.5 Å². The fourth-order valence-electron chi connectivity index (χ4n) is 2.57. The maximum absolute atomic E-state index is 5.45. The highest BCUT2D eigenvalue weighted by atomic mass is 16.5. The molecular formula is C12H19N3O3. The van der Waals surface area contributed by atoms with Crippen molar-refractivity contribution in [3.8, 4) is 0 Å². The van der Waals surface area contributed by atoms with E-state index in [1.165, 1.54) is 0 Å². The van der Waals surface area contributed by atoms with Crippen LogP contribution in [0.2, 0.25) is 0 Å². The van der Waals surface area contributed by atoms with Crippen molar-refractivity contribution in [2.75, 3.05) is 26.9 Å². The van der Waals surface area contributed by atoms with Gasteiger partial charge in [0.05, 0.1) is 18.8 Å². The Morgan fingerprint density at radius 2 is 2.39 bits per heavy atom. The van der Waals surface area contributed by atoms with Gasteiger partial charge in [0.15, 0.2) is 5.82 Å². The molecule has 2 saturated heterocycles. The average Bonchev–Trinajstić information content (AvgIpc) is 3.08. The standard InChI is InChI=1S/C12H19N3O3/c1-16-9-5-10(13-6-9)12-14-11(15-18-12)8-3-2-4-17-7-8/h8-10,13H,2-7H2,1H3/t8?,9-,10+/m0/s1. The third-order valence-corrected chi connectivity index (χ3v) is 3.70. The second-order valence-corrected chi connectivity index (χ2v) is 4.96. The number of nitrogens with one attached hydrogen (secondary N) is 1. The number of hydrogen-bond acceptors (Lipinski definition) is 6. The Hall–Kier alpha value is -0.980. The Labute approximate surface area is 106 Å². The van der Waals surface area contributed by atoms with Crippen LogP contribution in [0.15, 0.2) is 4.52 Å². The van der Waals surface area contributed by atoms with Crippen molar-refractivity contribution in [3.63, 3.8) is 0 Å². The zero-order valence-corrected chi connectivity index (χ0v) is 10.6. The molecule has 18 heavy (non-hydrogen) atoms.